The Balaban J connectivity index is 1.94. The summed E-state index contributed by atoms with van der Waals surface area (Å²) in [5.41, 5.74) is 0.958. The normalized spacial score (nSPS) is 11.7. The van der Waals surface area contributed by atoms with E-state index in [1.165, 1.54) is 12.1 Å². The lowest BCUT2D eigenvalue weighted by Crippen LogP contribution is -2.39. The number of alkyl halides is 2. The zero-order valence-corrected chi connectivity index (χ0v) is 14.3. The van der Waals surface area contributed by atoms with Gasteiger partial charge in [-0.3, -0.25) is 10.1 Å². The lowest BCUT2D eigenvalue weighted by Gasteiger charge is -2.18. The summed E-state index contributed by atoms with van der Waals surface area (Å²) in [4.78, 5) is 26.8. The number of rotatable bonds is 9. The number of carboxylic acid groups (broad SMARTS) is 1. The van der Waals surface area contributed by atoms with Crippen molar-refractivity contribution in [1.82, 2.24) is 10.3 Å². The molecule has 0 bridgehead atoms. The number of carbonyl (C=O) groups excluding carboxylic acids is 1. The van der Waals surface area contributed by atoms with Gasteiger partial charge in [0, 0.05) is 12.5 Å². The standard InChI is InChI=1S/C18H19F2N3O4/c19-17(20)27-14-7-8-15(21-11-14)23-18(26)22-13(6-9-16(24)25)10-12-4-2-1-3-5-12/h1-5,7-8,11,13,17H,6,9-10H2,(H,24,25)(H2,21,22,23,26). The van der Waals surface area contributed by atoms with E-state index in [4.69, 9.17) is 5.11 Å². The van der Waals surface area contributed by atoms with Gasteiger partial charge >= 0.3 is 18.6 Å². The minimum absolute atomic E-state index is 0.0876. The Labute approximate surface area is 154 Å². The van der Waals surface area contributed by atoms with E-state index in [9.17, 15) is 18.4 Å². The molecule has 0 fully saturated rings. The second kappa shape index (κ2) is 10.0. The highest BCUT2D eigenvalue weighted by molar-refractivity contribution is 5.88. The Morgan fingerprint density at radius 3 is 2.48 bits per heavy atom. The molecule has 27 heavy (non-hydrogen) atoms. The first-order chi connectivity index (χ1) is 12.9. The molecule has 1 atom stereocenters. The number of anilines is 1. The third-order valence-electron chi connectivity index (χ3n) is 3.57. The molecule has 0 saturated heterocycles. The largest absolute Gasteiger partial charge is 0.481 e. The summed E-state index contributed by atoms with van der Waals surface area (Å²) < 4.78 is 28.4. The zero-order chi connectivity index (χ0) is 19.6. The number of carboxylic acids is 1. The van der Waals surface area contributed by atoms with Gasteiger partial charge in [-0.2, -0.15) is 8.78 Å². The third-order valence-corrected chi connectivity index (χ3v) is 3.57. The van der Waals surface area contributed by atoms with Crippen LogP contribution >= 0.6 is 0 Å². The molecule has 1 aromatic carbocycles. The number of aromatic nitrogens is 1. The highest BCUT2D eigenvalue weighted by Gasteiger charge is 2.15. The molecule has 2 amide bonds. The maximum atomic E-state index is 12.2. The SMILES string of the molecule is O=C(O)CCC(Cc1ccccc1)NC(=O)Nc1ccc(OC(F)F)cn1. The van der Waals surface area contributed by atoms with E-state index in [0.29, 0.717) is 6.42 Å². The average molecular weight is 379 g/mol. The lowest BCUT2D eigenvalue weighted by molar-refractivity contribution is -0.137. The first-order valence-electron chi connectivity index (χ1n) is 8.16. The average Bonchev–Trinajstić information content (AvgIpc) is 2.62. The molecular formula is C18H19F2N3O4. The number of amides is 2. The van der Waals surface area contributed by atoms with Crippen molar-refractivity contribution in [2.24, 2.45) is 0 Å². The van der Waals surface area contributed by atoms with Crippen LogP contribution in [0.1, 0.15) is 18.4 Å². The van der Waals surface area contributed by atoms with Crippen molar-refractivity contribution < 1.29 is 28.2 Å². The van der Waals surface area contributed by atoms with Gasteiger partial charge in [0.1, 0.15) is 11.6 Å². The van der Waals surface area contributed by atoms with Gasteiger partial charge in [-0.05, 0) is 30.5 Å². The maximum Gasteiger partial charge on any atom is 0.387 e. The fourth-order valence-corrected chi connectivity index (χ4v) is 2.39. The molecular weight excluding hydrogens is 360 g/mol. The number of hydrogen-bond acceptors (Lipinski definition) is 4. The number of aliphatic carboxylic acids is 1. The van der Waals surface area contributed by atoms with Crippen molar-refractivity contribution >= 4 is 17.8 Å². The molecule has 1 heterocycles. The Kier molecular flexibility index (Phi) is 7.48. The Morgan fingerprint density at radius 1 is 1.15 bits per heavy atom. The van der Waals surface area contributed by atoms with Crippen LogP contribution in [0, 0.1) is 0 Å². The molecule has 2 rings (SSSR count). The summed E-state index contributed by atoms with van der Waals surface area (Å²) in [7, 11) is 0. The van der Waals surface area contributed by atoms with Crippen molar-refractivity contribution in [2.45, 2.75) is 31.9 Å². The van der Waals surface area contributed by atoms with E-state index in [1.807, 2.05) is 30.3 Å². The maximum absolute atomic E-state index is 12.2. The Hall–Kier alpha value is -3.23. The summed E-state index contributed by atoms with van der Waals surface area (Å²) in [5, 5.41) is 14.1. The van der Waals surface area contributed by atoms with Gasteiger partial charge in [0.05, 0.1) is 6.20 Å². The van der Waals surface area contributed by atoms with Gasteiger partial charge in [0.2, 0.25) is 0 Å². The Morgan fingerprint density at radius 2 is 1.89 bits per heavy atom. The van der Waals surface area contributed by atoms with Gasteiger partial charge in [-0.25, -0.2) is 9.78 Å². The van der Waals surface area contributed by atoms with Gasteiger partial charge in [0.25, 0.3) is 0 Å². The predicted molar refractivity (Wildman–Crippen MR) is 93.8 cm³/mol. The summed E-state index contributed by atoms with van der Waals surface area (Å²) in [6.45, 7) is -2.96. The molecule has 0 spiro atoms. The van der Waals surface area contributed by atoms with Gasteiger partial charge in [-0.1, -0.05) is 30.3 Å². The third kappa shape index (κ3) is 7.68. The molecule has 2 aromatic rings. The summed E-state index contributed by atoms with van der Waals surface area (Å²) in [6.07, 6.45) is 1.70. The fraction of sp³-hybridized carbons (Fsp3) is 0.278. The van der Waals surface area contributed by atoms with Crippen molar-refractivity contribution in [1.29, 1.82) is 0 Å². The molecule has 0 aliphatic carbocycles. The molecule has 0 saturated carbocycles. The molecule has 1 unspecified atom stereocenters. The number of nitrogens with zero attached hydrogens (tertiary/aromatic N) is 1. The molecule has 0 radical (unpaired) electrons. The molecule has 0 aliphatic heterocycles. The van der Waals surface area contributed by atoms with E-state index in [1.54, 1.807) is 0 Å². The van der Waals surface area contributed by atoms with Crippen LogP contribution in [0.3, 0.4) is 0 Å². The quantitative estimate of drug-likeness (QED) is 0.621. The van der Waals surface area contributed by atoms with Crippen molar-refractivity contribution in [2.75, 3.05) is 5.32 Å². The van der Waals surface area contributed by atoms with Crippen molar-refractivity contribution in [3.63, 3.8) is 0 Å². The number of benzene rings is 1. The van der Waals surface area contributed by atoms with Crippen LogP contribution in [0.5, 0.6) is 5.75 Å². The smallest absolute Gasteiger partial charge is 0.387 e. The summed E-state index contributed by atoms with van der Waals surface area (Å²) in [6, 6.07) is 11.0. The molecule has 144 valence electrons. The van der Waals surface area contributed by atoms with Crippen molar-refractivity contribution in [3.8, 4) is 5.75 Å². The minimum atomic E-state index is -2.96. The minimum Gasteiger partial charge on any atom is -0.481 e. The van der Waals surface area contributed by atoms with E-state index in [2.05, 4.69) is 20.4 Å². The van der Waals surface area contributed by atoms with Crippen LogP contribution in [0.4, 0.5) is 19.4 Å². The molecule has 7 nitrogen and oxygen atoms in total. The summed E-state index contributed by atoms with van der Waals surface area (Å²) >= 11 is 0. The van der Waals surface area contributed by atoms with E-state index < -0.39 is 24.7 Å². The number of nitrogens with one attached hydrogen (secondary N) is 2. The first kappa shape index (κ1) is 20.1. The molecule has 1 aromatic heterocycles. The zero-order valence-electron chi connectivity index (χ0n) is 14.3. The van der Waals surface area contributed by atoms with Crippen LogP contribution in [0.2, 0.25) is 0 Å². The lowest BCUT2D eigenvalue weighted by atomic mass is 10.0. The van der Waals surface area contributed by atoms with Crippen LogP contribution in [0.25, 0.3) is 0 Å². The van der Waals surface area contributed by atoms with Gasteiger partial charge in [0.15, 0.2) is 0 Å². The highest BCUT2D eigenvalue weighted by Crippen LogP contribution is 2.15. The topological polar surface area (TPSA) is 101 Å². The van der Waals surface area contributed by atoms with E-state index in [-0.39, 0.29) is 24.4 Å². The molecule has 3 N–H and O–H groups in total. The highest BCUT2D eigenvalue weighted by atomic mass is 19.3. The number of pyridine rings is 1. The number of ether oxygens (including phenoxy) is 1. The van der Waals surface area contributed by atoms with Crippen LogP contribution < -0.4 is 15.4 Å². The predicted octanol–water partition coefficient (Wildman–Crippen LogP) is 3.28. The van der Waals surface area contributed by atoms with E-state index in [0.717, 1.165) is 11.8 Å². The van der Waals surface area contributed by atoms with E-state index >= 15 is 0 Å². The van der Waals surface area contributed by atoms with Crippen LogP contribution in [-0.2, 0) is 11.2 Å². The first-order valence-corrected chi connectivity index (χ1v) is 8.16. The van der Waals surface area contributed by atoms with Gasteiger partial charge in [-0.15, -0.1) is 0 Å². The second-order valence-electron chi connectivity index (χ2n) is 5.68. The summed E-state index contributed by atoms with van der Waals surface area (Å²) in [5.74, 6) is -0.934. The van der Waals surface area contributed by atoms with Gasteiger partial charge < -0.3 is 15.2 Å². The monoisotopic (exact) mass is 379 g/mol. The molecule has 0 aliphatic rings. The van der Waals surface area contributed by atoms with Crippen LogP contribution in [-0.4, -0.2) is 34.7 Å². The van der Waals surface area contributed by atoms with Crippen molar-refractivity contribution in [3.05, 3.63) is 54.2 Å². The second-order valence-corrected chi connectivity index (χ2v) is 5.68. The number of urea groups is 1. The number of carbonyl (C=O) groups is 2. The Bertz CT molecular complexity index is 742. The fourth-order valence-electron chi connectivity index (χ4n) is 2.39. The number of hydrogen-bond donors (Lipinski definition) is 3. The van der Waals surface area contributed by atoms with Crippen LogP contribution in [0.15, 0.2) is 48.7 Å². The number of halogens is 2. The molecule has 9 heteroatoms.